The van der Waals surface area contributed by atoms with E-state index in [9.17, 15) is 4.79 Å². The molecule has 0 aliphatic carbocycles. The molecule has 128 valence electrons. The number of benzene rings is 1. The van der Waals surface area contributed by atoms with Crippen molar-refractivity contribution in [2.24, 2.45) is 0 Å². The zero-order valence-electron chi connectivity index (χ0n) is 14.9. The van der Waals surface area contributed by atoms with Crippen LogP contribution in [-0.2, 0) is 6.54 Å². The van der Waals surface area contributed by atoms with Crippen LogP contribution < -0.4 is 15.1 Å². The summed E-state index contributed by atoms with van der Waals surface area (Å²) >= 11 is 0. The summed E-state index contributed by atoms with van der Waals surface area (Å²) in [5.41, 5.74) is 2.84. The Hall–Kier alpha value is -2.56. The van der Waals surface area contributed by atoms with Crippen LogP contribution in [0.2, 0.25) is 0 Å². The van der Waals surface area contributed by atoms with Crippen molar-refractivity contribution in [3.63, 3.8) is 0 Å². The number of aromatic nitrogens is 1. The average Bonchev–Trinajstić information content (AvgIpc) is 2.61. The van der Waals surface area contributed by atoms with Gasteiger partial charge in [0.1, 0.15) is 5.82 Å². The monoisotopic (exact) mass is 326 g/mol. The van der Waals surface area contributed by atoms with E-state index in [1.54, 1.807) is 6.20 Å². The fourth-order valence-electron chi connectivity index (χ4n) is 2.51. The molecular formula is C19H26N4O. The third-order valence-electron chi connectivity index (χ3n) is 3.98. The van der Waals surface area contributed by atoms with Crippen LogP contribution in [0.15, 0.2) is 42.6 Å². The van der Waals surface area contributed by atoms with Gasteiger partial charge in [0, 0.05) is 51.2 Å². The van der Waals surface area contributed by atoms with E-state index in [1.807, 2.05) is 55.4 Å². The maximum Gasteiger partial charge on any atom is 0.251 e. The molecule has 5 nitrogen and oxygen atoms in total. The number of nitrogens with one attached hydrogen (secondary N) is 1. The van der Waals surface area contributed by atoms with Crippen molar-refractivity contribution in [1.29, 1.82) is 0 Å². The van der Waals surface area contributed by atoms with Gasteiger partial charge < -0.3 is 15.1 Å². The van der Waals surface area contributed by atoms with Gasteiger partial charge in [-0.15, -0.1) is 0 Å². The molecule has 1 N–H and O–H groups in total. The van der Waals surface area contributed by atoms with Gasteiger partial charge in [-0.25, -0.2) is 4.98 Å². The maximum absolute atomic E-state index is 12.3. The second-order valence-electron chi connectivity index (χ2n) is 5.82. The first-order valence-corrected chi connectivity index (χ1v) is 8.30. The molecule has 0 saturated carbocycles. The van der Waals surface area contributed by atoms with Crippen LogP contribution in [0.3, 0.4) is 0 Å². The Morgan fingerprint density at radius 2 is 1.75 bits per heavy atom. The van der Waals surface area contributed by atoms with Crippen molar-refractivity contribution in [1.82, 2.24) is 10.3 Å². The summed E-state index contributed by atoms with van der Waals surface area (Å²) in [6, 6.07) is 11.6. The number of hydrogen-bond acceptors (Lipinski definition) is 4. The van der Waals surface area contributed by atoms with Crippen molar-refractivity contribution in [3.8, 4) is 0 Å². The first kappa shape index (κ1) is 17.8. The first-order chi connectivity index (χ1) is 11.5. The minimum atomic E-state index is -0.0655. The quantitative estimate of drug-likeness (QED) is 0.850. The summed E-state index contributed by atoms with van der Waals surface area (Å²) in [6.07, 6.45) is 1.76. The van der Waals surface area contributed by atoms with Crippen molar-refractivity contribution in [2.45, 2.75) is 20.4 Å². The van der Waals surface area contributed by atoms with Gasteiger partial charge in [0.25, 0.3) is 5.91 Å². The van der Waals surface area contributed by atoms with Gasteiger partial charge in [0.05, 0.1) is 0 Å². The number of anilines is 2. The summed E-state index contributed by atoms with van der Waals surface area (Å²) in [4.78, 5) is 20.8. The van der Waals surface area contributed by atoms with Crippen LogP contribution >= 0.6 is 0 Å². The van der Waals surface area contributed by atoms with Gasteiger partial charge in [-0.3, -0.25) is 4.79 Å². The summed E-state index contributed by atoms with van der Waals surface area (Å²) in [5.74, 6) is 0.814. The number of nitrogens with zero attached hydrogens (tertiary/aromatic N) is 3. The fourth-order valence-corrected chi connectivity index (χ4v) is 2.51. The van der Waals surface area contributed by atoms with E-state index in [0.717, 1.165) is 30.2 Å². The van der Waals surface area contributed by atoms with E-state index in [2.05, 4.69) is 29.0 Å². The number of carbonyl (C=O) groups is 1. The summed E-state index contributed by atoms with van der Waals surface area (Å²) in [6.45, 7) is 6.65. The van der Waals surface area contributed by atoms with E-state index < -0.39 is 0 Å². The highest BCUT2D eigenvalue weighted by molar-refractivity contribution is 5.94. The average molecular weight is 326 g/mol. The summed E-state index contributed by atoms with van der Waals surface area (Å²) in [7, 11) is 3.89. The molecule has 0 fully saturated rings. The smallest absolute Gasteiger partial charge is 0.251 e. The molecule has 0 unspecified atom stereocenters. The molecule has 0 atom stereocenters. The molecule has 2 rings (SSSR count). The SMILES string of the molecule is CCN(CC)c1ccc(C(=O)NCc2ccnc(N(C)C)c2)cc1. The van der Waals surface area contributed by atoms with Gasteiger partial charge in [0.2, 0.25) is 0 Å². The van der Waals surface area contributed by atoms with Crippen molar-refractivity contribution in [2.75, 3.05) is 37.0 Å². The molecule has 0 saturated heterocycles. The molecule has 2 aromatic rings. The molecule has 24 heavy (non-hydrogen) atoms. The lowest BCUT2D eigenvalue weighted by Crippen LogP contribution is -2.24. The molecule has 0 aliphatic heterocycles. The van der Waals surface area contributed by atoms with E-state index in [1.165, 1.54) is 0 Å². The number of rotatable bonds is 7. The second kappa shape index (κ2) is 8.34. The van der Waals surface area contributed by atoms with Gasteiger partial charge in [0.15, 0.2) is 0 Å². The third kappa shape index (κ3) is 4.47. The van der Waals surface area contributed by atoms with E-state index in [0.29, 0.717) is 12.1 Å². The molecular weight excluding hydrogens is 300 g/mol. The van der Waals surface area contributed by atoms with Gasteiger partial charge in [-0.05, 0) is 55.8 Å². The molecule has 5 heteroatoms. The van der Waals surface area contributed by atoms with Gasteiger partial charge >= 0.3 is 0 Å². The fraction of sp³-hybridized carbons (Fsp3) is 0.368. The van der Waals surface area contributed by atoms with Crippen LogP contribution in [0.5, 0.6) is 0 Å². The minimum absolute atomic E-state index is 0.0655. The third-order valence-corrected chi connectivity index (χ3v) is 3.98. The topological polar surface area (TPSA) is 48.5 Å². The van der Waals surface area contributed by atoms with Crippen molar-refractivity contribution in [3.05, 3.63) is 53.7 Å². The number of hydrogen-bond donors (Lipinski definition) is 1. The predicted octanol–water partition coefficient (Wildman–Crippen LogP) is 2.92. The molecule has 1 aromatic carbocycles. The standard InChI is InChI=1S/C19H26N4O/c1-5-23(6-2)17-9-7-16(8-10-17)19(24)21-14-15-11-12-20-18(13-15)22(3)4/h7-13H,5-6,14H2,1-4H3,(H,21,24). The number of amides is 1. The molecule has 0 aliphatic rings. The Labute approximate surface area is 144 Å². The highest BCUT2D eigenvalue weighted by Gasteiger charge is 2.08. The molecule has 1 heterocycles. The van der Waals surface area contributed by atoms with Crippen LogP contribution in [0.1, 0.15) is 29.8 Å². The lowest BCUT2D eigenvalue weighted by atomic mass is 10.1. The molecule has 0 bridgehead atoms. The van der Waals surface area contributed by atoms with Gasteiger partial charge in [-0.2, -0.15) is 0 Å². The molecule has 0 radical (unpaired) electrons. The highest BCUT2D eigenvalue weighted by atomic mass is 16.1. The highest BCUT2D eigenvalue weighted by Crippen LogP contribution is 2.15. The Morgan fingerprint density at radius 3 is 2.33 bits per heavy atom. The first-order valence-electron chi connectivity index (χ1n) is 8.30. The zero-order chi connectivity index (χ0) is 17.5. The van der Waals surface area contributed by atoms with E-state index >= 15 is 0 Å². The van der Waals surface area contributed by atoms with Crippen molar-refractivity contribution >= 4 is 17.4 Å². The normalized spacial score (nSPS) is 10.3. The largest absolute Gasteiger partial charge is 0.372 e. The number of carbonyl (C=O) groups excluding carboxylic acids is 1. The Kier molecular flexibility index (Phi) is 6.18. The van der Waals surface area contributed by atoms with E-state index in [-0.39, 0.29) is 5.91 Å². The van der Waals surface area contributed by atoms with Gasteiger partial charge in [-0.1, -0.05) is 0 Å². The molecule has 1 amide bonds. The predicted molar refractivity (Wildman–Crippen MR) is 99.7 cm³/mol. The zero-order valence-corrected chi connectivity index (χ0v) is 14.9. The Bertz CT molecular complexity index is 663. The number of pyridine rings is 1. The summed E-state index contributed by atoms with van der Waals surface area (Å²) in [5, 5.41) is 2.96. The lowest BCUT2D eigenvalue weighted by Gasteiger charge is -2.21. The molecule has 1 aromatic heterocycles. The maximum atomic E-state index is 12.3. The van der Waals surface area contributed by atoms with Crippen LogP contribution in [0.4, 0.5) is 11.5 Å². The Balaban J connectivity index is 1.98. The second-order valence-corrected chi connectivity index (χ2v) is 5.82. The van der Waals surface area contributed by atoms with Crippen LogP contribution in [-0.4, -0.2) is 38.1 Å². The lowest BCUT2D eigenvalue weighted by molar-refractivity contribution is 0.0951. The van der Waals surface area contributed by atoms with Crippen LogP contribution in [0, 0.1) is 0 Å². The summed E-state index contributed by atoms with van der Waals surface area (Å²) < 4.78 is 0. The minimum Gasteiger partial charge on any atom is -0.372 e. The molecule has 0 spiro atoms. The van der Waals surface area contributed by atoms with E-state index in [4.69, 9.17) is 0 Å². The van der Waals surface area contributed by atoms with Crippen LogP contribution in [0.25, 0.3) is 0 Å². The van der Waals surface area contributed by atoms with Crippen molar-refractivity contribution < 1.29 is 4.79 Å². The Morgan fingerprint density at radius 1 is 1.08 bits per heavy atom.